The minimum absolute atomic E-state index is 0.106. The zero-order chi connectivity index (χ0) is 17.9. The van der Waals surface area contributed by atoms with Gasteiger partial charge in [0.05, 0.1) is 10.5 Å². The van der Waals surface area contributed by atoms with Crippen LogP contribution < -0.4 is 5.14 Å². The van der Waals surface area contributed by atoms with Gasteiger partial charge in [0.15, 0.2) is 6.61 Å². The van der Waals surface area contributed by atoms with Crippen LogP contribution in [-0.4, -0.2) is 26.8 Å². The highest BCUT2D eigenvalue weighted by molar-refractivity contribution is 7.89. The summed E-state index contributed by atoms with van der Waals surface area (Å²) in [6, 6.07) is 10.4. The number of primary sulfonamides is 1. The molecule has 0 saturated heterocycles. The molecule has 0 radical (unpaired) electrons. The summed E-state index contributed by atoms with van der Waals surface area (Å²) < 4.78 is 27.3. The average Bonchev–Trinajstić information content (AvgIpc) is 2.53. The molecule has 0 aliphatic heterocycles. The van der Waals surface area contributed by atoms with Gasteiger partial charge in [-0.15, -0.1) is 0 Å². The Morgan fingerprint density at radius 1 is 1.04 bits per heavy atom. The van der Waals surface area contributed by atoms with Gasteiger partial charge in [0.25, 0.3) is 0 Å². The Kier molecular flexibility index (Phi) is 5.16. The Balaban J connectivity index is 2.05. The topological polar surface area (TPSA) is 104 Å². The van der Waals surface area contributed by atoms with Crippen molar-refractivity contribution in [2.75, 3.05) is 6.61 Å². The minimum atomic E-state index is -3.82. The van der Waals surface area contributed by atoms with Crippen molar-refractivity contribution in [2.45, 2.75) is 18.7 Å². The second-order valence-corrected chi connectivity index (χ2v) is 6.95. The fourth-order valence-corrected chi connectivity index (χ4v) is 2.62. The van der Waals surface area contributed by atoms with Crippen molar-refractivity contribution in [1.82, 2.24) is 0 Å². The number of rotatable bonds is 5. The van der Waals surface area contributed by atoms with E-state index in [1.54, 1.807) is 13.0 Å². The van der Waals surface area contributed by atoms with Gasteiger partial charge in [0.1, 0.15) is 0 Å². The monoisotopic (exact) mass is 347 g/mol. The van der Waals surface area contributed by atoms with Gasteiger partial charge >= 0.3 is 5.97 Å². The van der Waals surface area contributed by atoms with E-state index in [-0.39, 0.29) is 22.8 Å². The molecule has 0 unspecified atom stereocenters. The molecule has 126 valence electrons. The van der Waals surface area contributed by atoms with E-state index >= 15 is 0 Å². The number of hydrogen-bond donors (Lipinski definition) is 1. The van der Waals surface area contributed by atoms with Gasteiger partial charge in [-0.2, -0.15) is 0 Å². The highest BCUT2D eigenvalue weighted by Gasteiger charge is 2.15. The fourth-order valence-electron chi connectivity index (χ4n) is 2.11. The lowest BCUT2D eigenvalue weighted by atomic mass is 10.0. The summed E-state index contributed by atoms with van der Waals surface area (Å²) in [4.78, 5) is 24.0. The van der Waals surface area contributed by atoms with Crippen molar-refractivity contribution in [3.05, 3.63) is 64.7 Å². The average molecular weight is 347 g/mol. The van der Waals surface area contributed by atoms with Crippen molar-refractivity contribution in [3.8, 4) is 0 Å². The first-order valence-corrected chi connectivity index (χ1v) is 8.63. The molecule has 2 N–H and O–H groups in total. The smallest absolute Gasteiger partial charge is 0.338 e. The SMILES string of the molecule is Cc1ccc(C)c(C(=O)COC(=O)c2ccc(S(N)(=O)=O)cc2)c1. The maximum Gasteiger partial charge on any atom is 0.338 e. The molecule has 7 heteroatoms. The minimum Gasteiger partial charge on any atom is -0.454 e. The lowest BCUT2D eigenvalue weighted by Gasteiger charge is -2.08. The van der Waals surface area contributed by atoms with Crippen LogP contribution in [0.2, 0.25) is 0 Å². The molecular formula is C17H17NO5S. The Morgan fingerprint density at radius 3 is 2.25 bits per heavy atom. The van der Waals surface area contributed by atoms with Crippen LogP contribution in [0.3, 0.4) is 0 Å². The predicted octanol–water partition coefficient (Wildman–Crippen LogP) is 1.99. The molecule has 2 aromatic carbocycles. The number of aryl methyl sites for hydroxylation is 2. The molecule has 0 spiro atoms. The second-order valence-electron chi connectivity index (χ2n) is 5.39. The molecule has 0 aliphatic carbocycles. The Hall–Kier alpha value is -2.51. The quantitative estimate of drug-likeness (QED) is 0.658. The maximum atomic E-state index is 12.2. The number of nitrogens with two attached hydrogens (primary N) is 1. The van der Waals surface area contributed by atoms with Crippen LogP contribution in [0.4, 0.5) is 0 Å². The van der Waals surface area contributed by atoms with Crippen LogP contribution in [-0.2, 0) is 14.8 Å². The van der Waals surface area contributed by atoms with E-state index in [2.05, 4.69) is 0 Å². The van der Waals surface area contributed by atoms with E-state index in [1.807, 2.05) is 19.1 Å². The van der Waals surface area contributed by atoms with E-state index in [4.69, 9.17) is 9.88 Å². The number of carbonyl (C=O) groups excluding carboxylic acids is 2. The van der Waals surface area contributed by atoms with Gasteiger partial charge in [-0.25, -0.2) is 18.4 Å². The molecular weight excluding hydrogens is 330 g/mol. The molecule has 0 heterocycles. The molecule has 2 aromatic rings. The summed E-state index contributed by atoms with van der Waals surface area (Å²) >= 11 is 0. The van der Waals surface area contributed by atoms with Crippen LogP contribution in [0.25, 0.3) is 0 Å². The molecule has 24 heavy (non-hydrogen) atoms. The highest BCUT2D eigenvalue weighted by atomic mass is 32.2. The van der Waals surface area contributed by atoms with E-state index in [9.17, 15) is 18.0 Å². The largest absolute Gasteiger partial charge is 0.454 e. The van der Waals surface area contributed by atoms with Gasteiger partial charge in [-0.3, -0.25) is 4.79 Å². The third-order valence-corrected chi connectivity index (χ3v) is 4.38. The maximum absolute atomic E-state index is 12.2. The van der Waals surface area contributed by atoms with Gasteiger partial charge in [-0.05, 0) is 49.7 Å². The third-order valence-electron chi connectivity index (χ3n) is 3.45. The van der Waals surface area contributed by atoms with E-state index in [0.29, 0.717) is 5.56 Å². The van der Waals surface area contributed by atoms with Crippen LogP contribution >= 0.6 is 0 Å². The molecule has 0 aromatic heterocycles. The van der Waals surface area contributed by atoms with Crippen LogP contribution in [0.1, 0.15) is 31.8 Å². The predicted molar refractivity (Wildman–Crippen MR) is 88.3 cm³/mol. The number of benzene rings is 2. The number of esters is 1. The van der Waals surface area contributed by atoms with E-state index in [1.165, 1.54) is 24.3 Å². The summed E-state index contributed by atoms with van der Waals surface area (Å²) in [5, 5.41) is 4.98. The van der Waals surface area contributed by atoms with Crippen LogP contribution in [0.5, 0.6) is 0 Å². The standard InChI is InChI=1S/C17H17NO5S/c1-11-3-4-12(2)15(9-11)16(19)10-23-17(20)13-5-7-14(8-6-13)24(18,21)22/h3-9H,10H2,1-2H3,(H2,18,21,22). The molecule has 0 aliphatic rings. The van der Waals surface area contributed by atoms with Gasteiger partial charge in [0, 0.05) is 5.56 Å². The molecule has 0 fully saturated rings. The van der Waals surface area contributed by atoms with Crippen molar-refractivity contribution in [2.24, 2.45) is 5.14 Å². The summed E-state index contributed by atoms with van der Waals surface area (Å²) in [7, 11) is -3.82. The second kappa shape index (κ2) is 6.94. The fraction of sp³-hybridized carbons (Fsp3) is 0.176. The van der Waals surface area contributed by atoms with Crippen LogP contribution in [0.15, 0.2) is 47.4 Å². The van der Waals surface area contributed by atoms with Crippen molar-refractivity contribution < 1.29 is 22.7 Å². The first-order valence-electron chi connectivity index (χ1n) is 7.09. The number of Topliss-reactive ketones (excluding diaryl/α,β-unsaturated/α-hetero) is 1. The van der Waals surface area contributed by atoms with E-state index in [0.717, 1.165) is 11.1 Å². The van der Waals surface area contributed by atoms with Gasteiger partial charge in [-0.1, -0.05) is 17.7 Å². The normalized spacial score (nSPS) is 11.1. The molecule has 0 atom stereocenters. The summed E-state index contributed by atoms with van der Waals surface area (Å²) in [6.45, 7) is 3.29. The summed E-state index contributed by atoms with van der Waals surface area (Å²) in [5.41, 5.74) is 2.39. The number of sulfonamides is 1. The number of carbonyl (C=O) groups is 2. The number of hydrogen-bond acceptors (Lipinski definition) is 5. The lowest BCUT2D eigenvalue weighted by Crippen LogP contribution is -2.16. The lowest BCUT2D eigenvalue weighted by molar-refractivity contribution is 0.0474. The van der Waals surface area contributed by atoms with Crippen molar-refractivity contribution in [3.63, 3.8) is 0 Å². The first kappa shape index (κ1) is 17.8. The first-order chi connectivity index (χ1) is 11.2. The van der Waals surface area contributed by atoms with Crippen molar-refractivity contribution >= 4 is 21.8 Å². The zero-order valence-corrected chi connectivity index (χ0v) is 14.1. The summed E-state index contributed by atoms with van der Waals surface area (Å²) in [5.74, 6) is -1.01. The van der Waals surface area contributed by atoms with Crippen LogP contribution in [0, 0.1) is 13.8 Å². The Morgan fingerprint density at radius 2 is 1.67 bits per heavy atom. The van der Waals surface area contributed by atoms with E-state index < -0.39 is 16.0 Å². The molecule has 6 nitrogen and oxygen atoms in total. The van der Waals surface area contributed by atoms with Gasteiger partial charge < -0.3 is 4.74 Å². The Labute approximate surface area is 140 Å². The molecule has 0 bridgehead atoms. The molecule has 0 amide bonds. The third kappa shape index (κ3) is 4.27. The molecule has 0 saturated carbocycles. The zero-order valence-electron chi connectivity index (χ0n) is 13.3. The number of ether oxygens (including phenoxy) is 1. The van der Waals surface area contributed by atoms with Crippen molar-refractivity contribution in [1.29, 1.82) is 0 Å². The highest BCUT2D eigenvalue weighted by Crippen LogP contribution is 2.13. The summed E-state index contributed by atoms with van der Waals surface area (Å²) in [6.07, 6.45) is 0. The van der Waals surface area contributed by atoms with Gasteiger partial charge in [0.2, 0.25) is 15.8 Å². The number of ketones is 1. The molecule has 2 rings (SSSR count). The Bertz CT molecular complexity index is 886.